The van der Waals surface area contributed by atoms with E-state index in [4.69, 9.17) is 0 Å². The average molecular weight is 135 g/mol. The van der Waals surface area contributed by atoms with Gasteiger partial charge in [0.2, 0.25) is 5.56 Å². The molecule has 4 heteroatoms. The quantitative estimate of drug-likeness (QED) is 0.566. The van der Waals surface area contributed by atoms with Crippen LogP contribution in [0.2, 0.25) is 0 Å². The largest absolute Gasteiger partial charge is 0.322 e. The zero-order chi connectivity index (χ0) is 6.97. The Hall–Kier alpha value is -1.45. The van der Waals surface area contributed by atoms with Crippen molar-refractivity contribution in [2.45, 2.75) is 6.54 Å². The van der Waals surface area contributed by atoms with E-state index in [-0.39, 0.29) is 5.56 Å². The highest BCUT2D eigenvalue weighted by Gasteiger charge is 2.06. The van der Waals surface area contributed by atoms with E-state index < -0.39 is 0 Å². The molecule has 1 aromatic rings. The van der Waals surface area contributed by atoms with Crippen LogP contribution in [0.15, 0.2) is 27.2 Å². The molecule has 4 nitrogen and oxygen atoms in total. The predicted octanol–water partition coefficient (Wildman–Crippen LogP) is 0.972. The number of nitrogens with zero attached hydrogens (tertiary/aromatic N) is 2. The minimum atomic E-state index is -0.0916. The lowest BCUT2D eigenvalue weighted by atomic mass is 10.3. The van der Waals surface area contributed by atoms with Crippen LogP contribution in [-0.2, 0) is 6.54 Å². The molecule has 0 radical (unpaired) electrons. The Morgan fingerprint density at radius 3 is 3.30 bits per heavy atom. The molecule has 50 valence electrons. The van der Waals surface area contributed by atoms with Crippen LogP contribution in [-0.4, -0.2) is 4.98 Å². The van der Waals surface area contributed by atoms with E-state index in [9.17, 15) is 4.79 Å². The van der Waals surface area contributed by atoms with Crippen molar-refractivity contribution in [1.29, 1.82) is 0 Å². The Morgan fingerprint density at radius 2 is 2.40 bits per heavy atom. The lowest BCUT2D eigenvalue weighted by molar-refractivity contribution is 0.984. The van der Waals surface area contributed by atoms with Crippen molar-refractivity contribution >= 4 is 5.69 Å². The monoisotopic (exact) mass is 135 g/mol. The average Bonchev–Trinajstić information content (AvgIpc) is 2.33. The first-order valence-electron chi connectivity index (χ1n) is 2.96. The van der Waals surface area contributed by atoms with Crippen molar-refractivity contribution in [1.82, 2.24) is 4.98 Å². The molecule has 2 heterocycles. The van der Waals surface area contributed by atoms with E-state index in [0.29, 0.717) is 6.54 Å². The van der Waals surface area contributed by atoms with E-state index in [0.717, 1.165) is 11.4 Å². The first-order chi connectivity index (χ1) is 4.86. The van der Waals surface area contributed by atoms with Gasteiger partial charge >= 0.3 is 0 Å². The van der Waals surface area contributed by atoms with Gasteiger partial charge in [0.15, 0.2) is 0 Å². The Morgan fingerprint density at radius 1 is 1.50 bits per heavy atom. The summed E-state index contributed by atoms with van der Waals surface area (Å²) in [6, 6.07) is 3.12. The molecule has 0 spiro atoms. The summed E-state index contributed by atoms with van der Waals surface area (Å²) in [4.78, 5) is 13.3. The van der Waals surface area contributed by atoms with Crippen molar-refractivity contribution in [3.63, 3.8) is 0 Å². The summed E-state index contributed by atoms with van der Waals surface area (Å²) in [7, 11) is 0. The molecule has 2 rings (SSSR count). The number of rotatable bonds is 0. The number of aromatic nitrogens is 1. The number of nitrogens with one attached hydrogen (secondary N) is 1. The fraction of sp³-hybridized carbons (Fsp3) is 0.167. The number of fused-ring (bicyclic) bond motifs is 1. The molecule has 0 aromatic carbocycles. The van der Waals surface area contributed by atoms with Gasteiger partial charge in [-0.2, -0.15) is 10.2 Å². The lowest BCUT2D eigenvalue weighted by Gasteiger charge is -1.90. The molecule has 0 amide bonds. The first kappa shape index (κ1) is 5.34. The predicted molar refractivity (Wildman–Crippen MR) is 35.3 cm³/mol. The van der Waals surface area contributed by atoms with E-state index in [2.05, 4.69) is 15.2 Å². The molecule has 0 atom stereocenters. The zero-order valence-corrected chi connectivity index (χ0v) is 5.16. The van der Waals surface area contributed by atoms with Gasteiger partial charge in [-0.25, -0.2) is 0 Å². The molecule has 0 saturated carbocycles. The van der Waals surface area contributed by atoms with E-state index >= 15 is 0 Å². The van der Waals surface area contributed by atoms with Crippen LogP contribution >= 0.6 is 0 Å². The molecular formula is C6H5N3O. The van der Waals surface area contributed by atoms with E-state index in [1.165, 1.54) is 6.07 Å². The molecule has 0 unspecified atom stereocenters. The molecule has 10 heavy (non-hydrogen) atoms. The normalized spacial score (nSPS) is 13.6. The number of aromatic amines is 1. The molecular weight excluding hydrogens is 130 g/mol. The second-order valence-electron chi connectivity index (χ2n) is 2.09. The number of hydrogen-bond donors (Lipinski definition) is 1. The van der Waals surface area contributed by atoms with Crippen LogP contribution in [0.25, 0.3) is 0 Å². The molecule has 1 N–H and O–H groups in total. The number of pyridine rings is 1. The van der Waals surface area contributed by atoms with Crippen molar-refractivity contribution in [3.05, 3.63) is 28.2 Å². The summed E-state index contributed by atoms with van der Waals surface area (Å²) < 4.78 is 0. The third-order valence-electron chi connectivity index (χ3n) is 1.38. The number of hydrogen-bond acceptors (Lipinski definition) is 3. The van der Waals surface area contributed by atoms with Crippen LogP contribution in [0.5, 0.6) is 0 Å². The highest BCUT2D eigenvalue weighted by atomic mass is 16.1. The smallest absolute Gasteiger partial charge is 0.248 e. The third-order valence-corrected chi connectivity index (χ3v) is 1.38. The SMILES string of the molecule is O=c1ccc2c([nH]1)CN=N2. The van der Waals surface area contributed by atoms with Gasteiger partial charge in [-0.15, -0.1) is 0 Å². The fourth-order valence-electron chi connectivity index (χ4n) is 0.906. The van der Waals surface area contributed by atoms with Gasteiger partial charge in [0.05, 0.1) is 5.69 Å². The van der Waals surface area contributed by atoms with Gasteiger partial charge in [-0.3, -0.25) is 4.79 Å². The maximum Gasteiger partial charge on any atom is 0.248 e. The molecule has 1 aliphatic rings. The standard InChI is InChI=1S/C6H5N3O/c10-6-2-1-4-5(8-6)3-7-9-4/h1-2H,3H2,(H,8,10). The van der Waals surface area contributed by atoms with Crippen molar-refractivity contribution in [3.8, 4) is 0 Å². The second kappa shape index (κ2) is 1.76. The van der Waals surface area contributed by atoms with Crippen LogP contribution in [0.1, 0.15) is 5.69 Å². The van der Waals surface area contributed by atoms with Gasteiger partial charge in [0.25, 0.3) is 0 Å². The van der Waals surface area contributed by atoms with Gasteiger partial charge in [-0.1, -0.05) is 0 Å². The van der Waals surface area contributed by atoms with E-state index in [1.54, 1.807) is 6.07 Å². The summed E-state index contributed by atoms with van der Waals surface area (Å²) in [6.45, 7) is 0.505. The highest BCUT2D eigenvalue weighted by molar-refractivity contribution is 5.42. The van der Waals surface area contributed by atoms with Gasteiger partial charge in [0, 0.05) is 6.07 Å². The number of azo groups is 1. The summed E-state index contributed by atoms with van der Waals surface area (Å²) in [5, 5.41) is 7.54. The van der Waals surface area contributed by atoms with Crippen LogP contribution in [0, 0.1) is 0 Å². The fourth-order valence-corrected chi connectivity index (χ4v) is 0.906. The van der Waals surface area contributed by atoms with Crippen LogP contribution < -0.4 is 5.56 Å². The van der Waals surface area contributed by atoms with Crippen molar-refractivity contribution < 1.29 is 0 Å². The van der Waals surface area contributed by atoms with Crippen LogP contribution in [0.3, 0.4) is 0 Å². The van der Waals surface area contributed by atoms with E-state index in [1.807, 2.05) is 0 Å². The topological polar surface area (TPSA) is 57.6 Å². The molecule has 1 aliphatic heterocycles. The summed E-state index contributed by atoms with van der Waals surface area (Å²) in [5.41, 5.74) is 1.50. The summed E-state index contributed by atoms with van der Waals surface area (Å²) >= 11 is 0. The Bertz CT molecular complexity index is 339. The zero-order valence-electron chi connectivity index (χ0n) is 5.16. The van der Waals surface area contributed by atoms with Crippen molar-refractivity contribution in [2.24, 2.45) is 10.2 Å². The molecule has 0 saturated heterocycles. The highest BCUT2D eigenvalue weighted by Crippen LogP contribution is 2.21. The third kappa shape index (κ3) is 0.655. The van der Waals surface area contributed by atoms with Gasteiger partial charge in [0.1, 0.15) is 12.2 Å². The lowest BCUT2D eigenvalue weighted by Crippen LogP contribution is -2.04. The molecule has 1 aromatic heterocycles. The molecule has 0 fully saturated rings. The van der Waals surface area contributed by atoms with Crippen LogP contribution in [0.4, 0.5) is 5.69 Å². The molecule has 0 bridgehead atoms. The maximum absolute atomic E-state index is 10.7. The minimum Gasteiger partial charge on any atom is -0.322 e. The van der Waals surface area contributed by atoms with Crippen molar-refractivity contribution in [2.75, 3.05) is 0 Å². The Labute approximate surface area is 56.6 Å². The summed E-state index contributed by atoms with van der Waals surface area (Å²) in [6.07, 6.45) is 0. The molecule has 0 aliphatic carbocycles. The summed E-state index contributed by atoms with van der Waals surface area (Å²) in [5.74, 6) is 0. The van der Waals surface area contributed by atoms with Gasteiger partial charge in [-0.05, 0) is 6.07 Å². The Kier molecular flexibility index (Phi) is 0.943. The van der Waals surface area contributed by atoms with Gasteiger partial charge < -0.3 is 4.98 Å². The number of H-pyrrole nitrogens is 1. The maximum atomic E-state index is 10.7. The first-order valence-corrected chi connectivity index (χ1v) is 2.96. The second-order valence-corrected chi connectivity index (χ2v) is 2.09. The minimum absolute atomic E-state index is 0.0916. The Balaban J connectivity index is 2.69.